The van der Waals surface area contributed by atoms with E-state index in [1.54, 1.807) is 11.3 Å². The minimum atomic E-state index is -2.92. The quantitative estimate of drug-likeness (QED) is 0.918. The molecule has 1 aromatic heterocycles. The summed E-state index contributed by atoms with van der Waals surface area (Å²) < 4.78 is 24.4. The molecule has 1 aliphatic rings. The number of sulfone groups is 1. The zero-order chi connectivity index (χ0) is 12.5. The molecule has 3 nitrogen and oxygen atoms in total. The molecule has 1 N–H and O–H groups in total. The number of hydrogen-bond acceptors (Lipinski definition) is 4. The predicted molar refractivity (Wildman–Crippen MR) is 75.1 cm³/mol. The normalized spacial score (nSPS) is 25.3. The highest BCUT2D eigenvalue weighted by Crippen LogP contribution is 2.27. The van der Waals surface area contributed by atoms with Gasteiger partial charge < -0.3 is 5.32 Å². The Hall–Kier alpha value is 0.0900. The molecule has 17 heavy (non-hydrogen) atoms. The Labute approximate surface area is 115 Å². The Morgan fingerprint density at radius 3 is 2.88 bits per heavy atom. The van der Waals surface area contributed by atoms with E-state index >= 15 is 0 Å². The summed E-state index contributed by atoms with van der Waals surface area (Å²) in [6.07, 6.45) is 4.10. The third-order valence-electron chi connectivity index (χ3n) is 3.22. The van der Waals surface area contributed by atoms with E-state index in [0.29, 0.717) is 0 Å². The lowest BCUT2D eigenvalue weighted by molar-refractivity contribution is 0.509. The summed E-state index contributed by atoms with van der Waals surface area (Å²) in [5, 5.41) is 5.21. The van der Waals surface area contributed by atoms with Gasteiger partial charge in [-0.3, -0.25) is 0 Å². The number of rotatable bonds is 4. The Morgan fingerprint density at radius 2 is 2.29 bits per heavy atom. The van der Waals surface area contributed by atoms with Crippen molar-refractivity contribution in [1.82, 2.24) is 5.32 Å². The van der Waals surface area contributed by atoms with E-state index in [1.165, 1.54) is 11.1 Å². The van der Waals surface area contributed by atoms with Crippen molar-refractivity contribution in [2.24, 2.45) is 0 Å². The largest absolute Gasteiger partial charge is 0.308 e. The number of thiophene rings is 1. The van der Waals surface area contributed by atoms with Gasteiger partial charge in [0.15, 0.2) is 9.84 Å². The highest BCUT2D eigenvalue weighted by molar-refractivity contribution is 9.10. The Kier molecular flexibility index (Phi) is 4.28. The van der Waals surface area contributed by atoms with Crippen molar-refractivity contribution >= 4 is 37.1 Å². The fourth-order valence-electron chi connectivity index (χ4n) is 2.35. The van der Waals surface area contributed by atoms with Crippen molar-refractivity contribution in [2.75, 3.05) is 6.26 Å². The summed E-state index contributed by atoms with van der Waals surface area (Å²) >= 11 is 5.17. The molecule has 1 heterocycles. The Morgan fingerprint density at radius 1 is 1.53 bits per heavy atom. The fourth-order valence-corrected chi connectivity index (χ4v) is 5.21. The van der Waals surface area contributed by atoms with Crippen LogP contribution in [0.5, 0.6) is 0 Å². The molecule has 0 saturated heterocycles. The predicted octanol–water partition coefficient (Wildman–Crippen LogP) is 2.57. The first kappa shape index (κ1) is 13.5. The number of nitrogens with one attached hydrogen (secondary N) is 1. The van der Waals surface area contributed by atoms with Gasteiger partial charge in [0, 0.05) is 28.2 Å². The molecular weight excluding hydrogens is 322 g/mol. The van der Waals surface area contributed by atoms with Gasteiger partial charge in [-0.1, -0.05) is 6.42 Å². The van der Waals surface area contributed by atoms with Crippen LogP contribution in [-0.2, 0) is 16.4 Å². The van der Waals surface area contributed by atoms with E-state index in [2.05, 4.69) is 21.2 Å². The Bertz CT molecular complexity index is 483. The van der Waals surface area contributed by atoms with E-state index in [1.807, 2.05) is 11.4 Å². The van der Waals surface area contributed by atoms with Gasteiger partial charge in [0.05, 0.1) is 5.25 Å². The smallest absolute Gasteiger partial charge is 0.151 e. The minimum absolute atomic E-state index is 0.110. The average Bonchev–Trinajstić information content (AvgIpc) is 2.82. The standard InChI is InChI=1S/C11H16BrNO2S2/c1-17(14,15)11-4-2-3-9(11)13-7-10-8(12)5-6-16-10/h5-6,9,11,13H,2-4,7H2,1H3. The second-order valence-electron chi connectivity index (χ2n) is 4.48. The van der Waals surface area contributed by atoms with Gasteiger partial charge in [0.25, 0.3) is 0 Å². The molecule has 2 rings (SSSR count). The first-order chi connectivity index (χ1) is 7.98. The van der Waals surface area contributed by atoms with Crippen LogP contribution in [0.3, 0.4) is 0 Å². The van der Waals surface area contributed by atoms with Crippen molar-refractivity contribution < 1.29 is 8.42 Å². The lowest BCUT2D eigenvalue weighted by atomic mass is 10.2. The molecule has 1 aliphatic carbocycles. The summed E-state index contributed by atoms with van der Waals surface area (Å²) in [7, 11) is -2.92. The first-order valence-electron chi connectivity index (χ1n) is 5.62. The van der Waals surface area contributed by atoms with Gasteiger partial charge in [-0.05, 0) is 40.2 Å². The van der Waals surface area contributed by atoms with Crippen LogP contribution in [0.2, 0.25) is 0 Å². The molecule has 0 aromatic carbocycles. The molecule has 6 heteroatoms. The third kappa shape index (κ3) is 3.30. The maximum atomic E-state index is 11.6. The van der Waals surface area contributed by atoms with Crippen LogP contribution in [0.25, 0.3) is 0 Å². The fraction of sp³-hybridized carbons (Fsp3) is 0.636. The molecule has 0 spiro atoms. The van der Waals surface area contributed by atoms with Gasteiger partial charge in [-0.25, -0.2) is 8.42 Å². The lowest BCUT2D eigenvalue weighted by Crippen LogP contribution is -2.39. The molecule has 1 fully saturated rings. The molecule has 0 amide bonds. The highest BCUT2D eigenvalue weighted by atomic mass is 79.9. The third-order valence-corrected chi connectivity index (χ3v) is 6.81. The Balaban J connectivity index is 1.98. The summed E-state index contributed by atoms with van der Waals surface area (Å²) in [5.41, 5.74) is 0. The zero-order valence-electron chi connectivity index (χ0n) is 9.65. The SMILES string of the molecule is CS(=O)(=O)C1CCCC1NCc1sccc1Br. The highest BCUT2D eigenvalue weighted by Gasteiger charge is 2.34. The molecule has 0 bridgehead atoms. The number of halogens is 1. The van der Waals surface area contributed by atoms with Crippen LogP contribution in [0, 0.1) is 0 Å². The first-order valence-corrected chi connectivity index (χ1v) is 9.25. The van der Waals surface area contributed by atoms with Crippen molar-refractivity contribution in [3.05, 3.63) is 20.8 Å². The van der Waals surface area contributed by atoms with Crippen LogP contribution in [-0.4, -0.2) is 26.0 Å². The van der Waals surface area contributed by atoms with E-state index in [9.17, 15) is 8.42 Å². The van der Waals surface area contributed by atoms with E-state index in [4.69, 9.17) is 0 Å². The molecule has 1 saturated carbocycles. The summed E-state index contributed by atoms with van der Waals surface area (Å²) in [6.45, 7) is 0.745. The van der Waals surface area contributed by atoms with Gasteiger partial charge in [0.2, 0.25) is 0 Å². The summed E-state index contributed by atoms with van der Waals surface area (Å²) in [6, 6.07) is 2.13. The second kappa shape index (κ2) is 5.38. The molecular formula is C11H16BrNO2S2. The summed E-state index contributed by atoms with van der Waals surface area (Å²) in [5.74, 6) is 0. The molecule has 2 atom stereocenters. The molecule has 0 radical (unpaired) electrons. The zero-order valence-corrected chi connectivity index (χ0v) is 12.9. The van der Waals surface area contributed by atoms with Gasteiger partial charge in [0.1, 0.15) is 0 Å². The molecule has 96 valence electrons. The maximum absolute atomic E-state index is 11.6. The van der Waals surface area contributed by atoms with Crippen LogP contribution < -0.4 is 5.32 Å². The van der Waals surface area contributed by atoms with E-state index < -0.39 is 9.84 Å². The van der Waals surface area contributed by atoms with E-state index in [-0.39, 0.29) is 11.3 Å². The van der Waals surface area contributed by atoms with Crippen molar-refractivity contribution in [3.63, 3.8) is 0 Å². The van der Waals surface area contributed by atoms with Crippen molar-refractivity contribution in [2.45, 2.75) is 37.1 Å². The second-order valence-corrected chi connectivity index (χ2v) is 8.60. The lowest BCUT2D eigenvalue weighted by Gasteiger charge is -2.19. The van der Waals surface area contributed by atoms with E-state index in [0.717, 1.165) is 30.3 Å². The van der Waals surface area contributed by atoms with Crippen LogP contribution in [0.15, 0.2) is 15.9 Å². The molecule has 1 aromatic rings. The molecule has 2 unspecified atom stereocenters. The van der Waals surface area contributed by atoms with Crippen LogP contribution in [0.1, 0.15) is 24.1 Å². The number of hydrogen-bond donors (Lipinski definition) is 1. The van der Waals surface area contributed by atoms with Crippen molar-refractivity contribution in [1.29, 1.82) is 0 Å². The maximum Gasteiger partial charge on any atom is 0.151 e. The van der Waals surface area contributed by atoms with Gasteiger partial charge in [-0.15, -0.1) is 11.3 Å². The minimum Gasteiger partial charge on any atom is -0.308 e. The van der Waals surface area contributed by atoms with Gasteiger partial charge in [-0.2, -0.15) is 0 Å². The summed E-state index contributed by atoms with van der Waals surface area (Å²) in [4.78, 5) is 1.23. The monoisotopic (exact) mass is 337 g/mol. The average molecular weight is 338 g/mol. The van der Waals surface area contributed by atoms with Crippen LogP contribution in [0.4, 0.5) is 0 Å². The topological polar surface area (TPSA) is 46.2 Å². The van der Waals surface area contributed by atoms with Crippen LogP contribution >= 0.6 is 27.3 Å². The van der Waals surface area contributed by atoms with Gasteiger partial charge >= 0.3 is 0 Å². The van der Waals surface area contributed by atoms with Crippen molar-refractivity contribution in [3.8, 4) is 0 Å². The molecule has 0 aliphatic heterocycles.